The van der Waals surface area contributed by atoms with Gasteiger partial charge in [0.05, 0.1) is 5.60 Å². The van der Waals surface area contributed by atoms with E-state index in [-0.39, 0.29) is 0 Å². The Hall–Kier alpha value is 0.490. The monoisotopic (exact) mass is 282 g/mol. The van der Waals surface area contributed by atoms with Crippen molar-refractivity contribution >= 4 is 0 Å². The van der Waals surface area contributed by atoms with Crippen LogP contribution in [-0.2, 0) is 4.89 Å². The molecule has 0 aromatic carbocycles. The summed E-state index contributed by atoms with van der Waals surface area (Å²) in [6.45, 7) is 5.31. The number of hydrogen-bond donors (Lipinski definition) is 2. The smallest absolute Gasteiger partial charge is 0.256 e. The van der Waals surface area contributed by atoms with Crippen molar-refractivity contribution in [3.8, 4) is 0 Å². The fraction of sp³-hybridized carbons (Fsp3) is 1.00. The summed E-state index contributed by atoms with van der Waals surface area (Å²) in [7, 11) is 0. The highest BCUT2D eigenvalue weighted by Crippen LogP contribution is 2.01. The Labute approximate surface area is 70.7 Å². The van der Waals surface area contributed by atoms with E-state index in [4.69, 9.17) is 19.0 Å². The van der Waals surface area contributed by atoms with Gasteiger partial charge in [-0.25, -0.2) is 4.89 Å². The lowest BCUT2D eigenvalue weighted by Crippen LogP contribution is -4.23. The molecule has 0 atom stereocenters. The maximum absolute atomic E-state index is 8.73. The summed E-state index contributed by atoms with van der Waals surface area (Å²) in [5, 5.41) is 7.90. The van der Waals surface area contributed by atoms with Crippen molar-refractivity contribution in [3.63, 3.8) is 0 Å². The second-order valence-electron chi connectivity index (χ2n) is 2.60. The van der Waals surface area contributed by atoms with Gasteiger partial charge in [-0.05, 0) is 20.8 Å². The Morgan fingerprint density at radius 1 is 1.18 bits per heavy atom. The molecule has 0 aromatic rings. The standard InChI is InChI=1S/C4H10O2.HIO4/c1-4(2,3)6-5;2-1(3,4)5/h5H,1-3H3;2H. The second-order valence-corrected chi connectivity index (χ2v) is 4.86. The summed E-state index contributed by atoms with van der Waals surface area (Å²) >= 11 is -5.69. The van der Waals surface area contributed by atoms with Crippen molar-refractivity contribution in [1.29, 1.82) is 0 Å². The van der Waals surface area contributed by atoms with E-state index in [9.17, 15) is 0 Å². The molecule has 7 heteroatoms. The van der Waals surface area contributed by atoms with Crippen LogP contribution in [-0.4, -0.2) is 14.3 Å². The van der Waals surface area contributed by atoms with E-state index in [0.29, 0.717) is 0 Å². The minimum atomic E-state index is -5.69. The Balaban J connectivity index is 0. The van der Waals surface area contributed by atoms with Crippen LogP contribution in [0.25, 0.3) is 0 Å². The minimum Gasteiger partial charge on any atom is -0.256 e. The third-order valence-electron chi connectivity index (χ3n) is 0.274. The summed E-state index contributed by atoms with van der Waals surface area (Å²) in [5.74, 6) is 0. The Bertz CT molecular complexity index is 85.7. The minimum absolute atomic E-state index is 0.403. The molecule has 0 spiro atoms. The maximum Gasteiger partial charge on any atom is 0.368 e. The van der Waals surface area contributed by atoms with E-state index in [0.717, 1.165) is 0 Å². The van der Waals surface area contributed by atoms with Gasteiger partial charge in [-0.3, -0.25) is 15.6 Å². The average molecular weight is 282 g/mol. The van der Waals surface area contributed by atoms with Crippen LogP contribution in [0, 0.1) is 0 Å². The third-order valence-corrected chi connectivity index (χ3v) is 0.274. The van der Waals surface area contributed by atoms with Gasteiger partial charge < -0.3 is 0 Å². The first-order valence-corrected chi connectivity index (χ1v) is 6.13. The molecule has 0 aliphatic rings. The van der Waals surface area contributed by atoms with Crippen LogP contribution in [0.2, 0.25) is 0 Å². The van der Waals surface area contributed by atoms with Gasteiger partial charge in [0.1, 0.15) is 0 Å². The number of rotatable bonds is 0. The molecule has 0 fully saturated rings. The highest BCUT2D eigenvalue weighted by atomic mass is 127. The second kappa shape index (κ2) is 5.19. The van der Waals surface area contributed by atoms with Crippen molar-refractivity contribution in [2.45, 2.75) is 26.4 Å². The van der Waals surface area contributed by atoms with Gasteiger partial charge in [0.15, 0.2) is 0 Å². The fourth-order valence-corrected chi connectivity index (χ4v) is 0. The van der Waals surface area contributed by atoms with Gasteiger partial charge >= 0.3 is 20.1 Å². The first-order chi connectivity index (χ1) is 4.56. The SMILES string of the molecule is CC(C)(C)OO.[O-][I+3]([O-])([O-])O. The van der Waals surface area contributed by atoms with Crippen molar-refractivity contribution in [3.05, 3.63) is 0 Å². The van der Waals surface area contributed by atoms with Gasteiger partial charge in [0.25, 0.3) is 0 Å². The normalized spacial score (nSPS) is 12.0. The zero-order valence-corrected chi connectivity index (χ0v) is 8.56. The van der Waals surface area contributed by atoms with Crippen LogP contribution in [0.3, 0.4) is 0 Å². The van der Waals surface area contributed by atoms with Crippen molar-refractivity contribution in [2.24, 2.45) is 0 Å². The molecule has 2 N–H and O–H groups in total. The van der Waals surface area contributed by atoms with Gasteiger partial charge in [-0.1, -0.05) is 0 Å². The Morgan fingerprint density at radius 3 is 1.27 bits per heavy atom. The van der Waals surface area contributed by atoms with Gasteiger partial charge in [0, 0.05) is 3.44 Å². The molecule has 11 heavy (non-hydrogen) atoms. The lowest BCUT2D eigenvalue weighted by atomic mass is 10.2. The average Bonchev–Trinajstić information content (AvgIpc) is 1.59. The van der Waals surface area contributed by atoms with Crippen LogP contribution in [0.15, 0.2) is 0 Å². The van der Waals surface area contributed by atoms with E-state index >= 15 is 0 Å². The first kappa shape index (κ1) is 14.0. The molecule has 0 bridgehead atoms. The molecule has 6 nitrogen and oxygen atoms in total. The molecular formula is C4H11IO6. The zero-order valence-electron chi connectivity index (χ0n) is 6.41. The summed E-state index contributed by atoms with van der Waals surface area (Å²) in [6.07, 6.45) is 0. The molecule has 0 heterocycles. The maximum atomic E-state index is 8.73. The molecule has 0 unspecified atom stereocenters. The predicted molar refractivity (Wildman–Crippen MR) is 25.7 cm³/mol. The third kappa shape index (κ3) is 62.1. The predicted octanol–water partition coefficient (Wildman–Crippen LogP) is -5.85. The lowest BCUT2D eigenvalue weighted by Gasteiger charge is -2.10. The molecule has 70 valence electrons. The summed E-state index contributed by atoms with van der Waals surface area (Å²) in [6, 6.07) is 0. The summed E-state index contributed by atoms with van der Waals surface area (Å²) in [4.78, 5) is 3.94. The Morgan fingerprint density at radius 2 is 1.27 bits per heavy atom. The Kier molecular flexibility index (Phi) is 6.63. The van der Waals surface area contributed by atoms with Gasteiger partial charge in [0.2, 0.25) is 0 Å². The lowest BCUT2D eigenvalue weighted by molar-refractivity contribution is -1.92. The highest BCUT2D eigenvalue weighted by Gasteiger charge is 2.11. The molecule has 0 amide bonds. The first-order valence-electron chi connectivity index (χ1n) is 2.52. The van der Waals surface area contributed by atoms with Crippen molar-refractivity contribution in [2.75, 3.05) is 0 Å². The molecule has 0 aromatic heterocycles. The van der Waals surface area contributed by atoms with Crippen LogP contribution < -0.4 is 30.4 Å². The van der Waals surface area contributed by atoms with Gasteiger partial charge in [-0.2, -0.15) is 0 Å². The van der Waals surface area contributed by atoms with Gasteiger partial charge in [-0.15, -0.1) is 0 Å². The number of hydrogen-bond acceptors (Lipinski definition) is 6. The summed E-state index contributed by atoms with van der Waals surface area (Å²) in [5.41, 5.74) is -0.403. The molecule has 0 saturated heterocycles. The van der Waals surface area contributed by atoms with Crippen molar-refractivity contribution in [1.82, 2.24) is 0 Å². The largest absolute Gasteiger partial charge is 0.368 e. The van der Waals surface area contributed by atoms with E-state index in [1.165, 1.54) is 0 Å². The van der Waals surface area contributed by atoms with Crippen LogP contribution in [0.5, 0.6) is 0 Å². The molecular weight excluding hydrogens is 271 g/mol. The zero-order chi connectivity index (χ0) is 9.71. The fourth-order valence-electron chi connectivity index (χ4n) is 0. The quantitative estimate of drug-likeness (QED) is 0.259. The molecule has 0 saturated carbocycles. The molecule has 0 radical (unpaired) electrons. The van der Waals surface area contributed by atoms with Crippen LogP contribution in [0.4, 0.5) is 0 Å². The van der Waals surface area contributed by atoms with Crippen LogP contribution in [0.1, 0.15) is 20.8 Å². The van der Waals surface area contributed by atoms with E-state index < -0.39 is 25.7 Å². The van der Waals surface area contributed by atoms with E-state index in [2.05, 4.69) is 4.89 Å². The topological polar surface area (TPSA) is 119 Å². The van der Waals surface area contributed by atoms with E-state index in [1.807, 2.05) is 0 Å². The molecule has 0 rings (SSSR count). The van der Waals surface area contributed by atoms with E-state index in [1.54, 1.807) is 20.8 Å². The number of halogens is 1. The molecule has 0 aliphatic heterocycles. The van der Waals surface area contributed by atoms with Crippen molar-refractivity contribution < 1.29 is 44.0 Å². The van der Waals surface area contributed by atoms with Crippen LogP contribution >= 0.6 is 0 Å². The molecule has 0 aliphatic carbocycles. The highest BCUT2D eigenvalue weighted by molar-refractivity contribution is 4.53. The summed E-state index contributed by atoms with van der Waals surface area (Å²) < 4.78 is 33.2.